The number of primary amides is 1. The van der Waals surface area contributed by atoms with Gasteiger partial charge in [-0.25, -0.2) is 9.38 Å². The van der Waals surface area contributed by atoms with Crippen LogP contribution < -0.4 is 17.2 Å². The molecular weight excluding hydrogens is 315 g/mol. The van der Waals surface area contributed by atoms with E-state index in [2.05, 4.69) is 20.9 Å². The lowest BCUT2D eigenvalue weighted by atomic mass is 9.76. The maximum Gasteiger partial charge on any atom is 0.227 e. The van der Waals surface area contributed by atoms with Crippen molar-refractivity contribution < 1.29 is 9.18 Å². The van der Waals surface area contributed by atoms with Gasteiger partial charge in [0.2, 0.25) is 5.91 Å². The molecule has 0 saturated carbocycles. The third-order valence-electron chi connectivity index (χ3n) is 3.11. The number of benzene rings is 1. The number of amides is 1. The van der Waals surface area contributed by atoms with Crippen LogP contribution in [0.3, 0.4) is 0 Å². The van der Waals surface area contributed by atoms with Crippen LogP contribution in [-0.4, -0.2) is 11.7 Å². The van der Waals surface area contributed by atoms with Gasteiger partial charge in [0, 0.05) is 6.20 Å². The maximum atomic E-state index is 13.3. The monoisotopic (exact) mass is 326 g/mol. The molecule has 1 aliphatic rings. The lowest BCUT2D eigenvalue weighted by Gasteiger charge is -2.35. The SMILES string of the molecule is NC(=O)C1C=CN=C(N)C1(N)c1ccc(F)c(Br)c1. The Hall–Kier alpha value is -1.73. The molecule has 2 atom stereocenters. The fourth-order valence-electron chi connectivity index (χ4n) is 2.03. The Bertz CT molecular complexity index is 601. The van der Waals surface area contributed by atoms with Crippen LogP contribution in [0.4, 0.5) is 4.39 Å². The average Bonchev–Trinajstić information content (AvgIpc) is 2.35. The molecule has 1 aliphatic heterocycles. The first-order valence-electron chi connectivity index (χ1n) is 5.41. The summed E-state index contributed by atoms with van der Waals surface area (Å²) in [5.41, 5.74) is 16.5. The zero-order valence-electron chi connectivity index (χ0n) is 9.81. The molecule has 0 aliphatic carbocycles. The predicted molar refractivity (Wildman–Crippen MR) is 73.4 cm³/mol. The average molecular weight is 327 g/mol. The van der Waals surface area contributed by atoms with Crippen molar-refractivity contribution >= 4 is 27.7 Å². The molecule has 7 heteroatoms. The minimum absolute atomic E-state index is 0.0531. The van der Waals surface area contributed by atoms with Gasteiger partial charge in [0.25, 0.3) is 0 Å². The van der Waals surface area contributed by atoms with Crippen molar-refractivity contribution in [2.24, 2.45) is 28.1 Å². The third kappa shape index (κ3) is 2.15. The standard InChI is InChI=1S/C12H12BrFN4O/c13-8-5-6(1-2-9(8)14)12(17)7(10(15)19)3-4-18-11(12)16/h1-5,7H,17H2,(H2,15,19)(H2,16,18). The van der Waals surface area contributed by atoms with Crippen LogP contribution in [0.15, 0.2) is 39.9 Å². The summed E-state index contributed by atoms with van der Waals surface area (Å²) in [6, 6.07) is 4.15. The van der Waals surface area contributed by atoms with E-state index in [-0.39, 0.29) is 10.3 Å². The van der Waals surface area contributed by atoms with Gasteiger partial charge in [0.1, 0.15) is 17.2 Å². The molecule has 1 aromatic carbocycles. The normalized spacial score (nSPS) is 26.1. The minimum atomic E-state index is -1.38. The molecule has 2 unspecified atom stereocenters. The summed E-state index contributed by atoms with van der Waals surface area (Å²) in [6.45, 7) is 0. The van der Waals surface area contributed by atoms with Crippen LogP contribution in [0.1, 0.15) is 5.56 Å². The van der Waals surface area contributed by atoms with Crippen molar-refractivity contribution in [1.29, 1.82) is 0 Å². The largest absolute Gasteiger partial charge is 0.385 e. The van der Waals surface area contributed by atoms with Gasteiger partial charge in [0.15, 0.2) is 0 Å². The highest BCUT2D eigenvalue weighted by Gasteiger charge is 2.44. The molecule has 100 valence electrons. The summed E-state index contributed by atoms with van der Waals surface area (Å²) in [5.74, 6) is -1.86. The second kappa shape index (κ2) is 4.75. The highest BCUT2D eigenvalue weighted by molar-refractivity contribution is 9.10. The number of nitrogens with two attached hydrogens (primary N) is 3. The predicted octanol–water partition coefficient (Wildman–Crippen LogP) is 0.728. The van der Waals surface area contributed by atoms with E-state index in [1.165, 1.54) is 30.5 Å². The zero-order chi connectivity index (χ0) is 14.2. The van der Waals surface area contributed by atoms with Crippen LogP contribution in [0, 0.1) is 11.7 Å². The second-order valence-electron chi connectivity index (χ2n) is 4.23. The van der Waals surface area contributed by atoms with E-state index in [4.69, 9.17) is 17.2 Å². The van der Waals surface area contributed by atoms with Gasteiger partial charge in [-0.05, 0) is 33.6 Å². The Morgan fingerprint density at radius 3 is 2.74 bits per heavy atom. The number of aliphatic imine (C=N–C) groups is 1. The summed E-state index contributed by atoms with van der Waals surface area (Å²) in [4.78, 5) is 15.5. The number of hydrogen-bond acceptors (Lipinski definition) is 4. The number of amidine groups is 1. The molecule has 0 aromatic heterocycles. The van der Waals surface area contributed by atoms with Crippen LogP contribution >= 0.6 is 15.9 Å². The molecule has 0 radical (unpaired) electrons. The molecule has 0 bridgehead atoms. The van der Waals surface area contributed by atoms with E-state index in [1.54, 1.807) is 0 Å². The van der Waals surface area contributed by atoms with Crippen molar-refractivity contribution in [3.63, 3.8) is 0 Å². The lowest BCUT2D eigenvalue weighted by Crippen LogP contribution is -2.58. The summed E-state index contributed by atoms with van der Waals surface area (Å²) < 4.78 is 13.5. The summed E-state index contributed by atoms with van der Waals surface area (Å²) in [5, 5.41) is 0. The van der Waals surface area contributed by atoms with Crippen molar-refractivity contribution in [2.45, 2.75) is 5.54 Å². The van der Waals surface area contributed by atoms with Gasteiger partial charge in [-0.15, -0.1) is 0 Å². The Labute approximate surface area is 117 Å². The number of carbonyl (C=O) groups is 1. The number of rotatable bonds is 2. The fourth-order valence-corrected chi connectivity index (χ4v) is 2.41. The highest BCUT2D eigenvalue weighted by atomic mass is 79.9. The summed E-state index contributed by atoms with van der Waals surface area (Å²) >= 11 is 3.07. The van der Waals surface area contributed by atoms with Gasteiger partial charge in [-0.3, -0.25) is 4.79 Å². The fraction of sp³-hybridized carbons (Fsp3) is 0.167. The first kappa shape index (κ1) is 13.7. The zero-order valence-corrected chi connectivity index (χ0v) is 11.4. The molecular formula is C12H12BrFN4O. The smallest absolute Gasteiger partial charge is 0.227 e. The van der Waals surface area contributed by atoms with E-state index >= 15 is 0 Å². The van der Waals surface area contributed by atoms with E-state index < -0.39 is 23.2 Å². The van der Waals surface area contributed by atoms with E-state index in [0.29, 0.717) is 5.56 Å². The van der Waals surface area contributed by atoms with Gasteiger partial charge in [0.05, 0.1) is 10.4 Å². The molecule has 2 rings (SSSR count). The molecule has 0 fully saturated rings. The first-order chi connectivity index (χ1) is 8.87. The Kier molecular flexibility index (Phi) is 3.42. The van der Waals surface area contributed by atoms with Crippen LogP contribution in [0.25, 0.3) is 0 Å². The molecule has 19 heavy (non-hydrogen) atoms. The van der Waals surface area contributed by atoms with E-state index in [1.807, 2.05) is 0 Å². The van der Waals surface area contributed by atoms with Gasteiger partial charge in [-0.1, -0.05) is 12.1 Å². The Balaban J connectivity index is 2.60. The quantitative estimate of drug-likeness (QED) is 0.745. The number of halogens is 2. The summed E-state index contributed by atoms with van der Waals surface area (Å²) in [6.07, 6.45) is 2.87. The number of hydrogen-bond donors (Lipinski definition) is 3. The molecule has 1 aromatic rings. The second-order valence-corrected chi connectivity index (χ2v) is 5.09. The summed E-state index contributed by atoms with van der Waals surface area (Å²) in [7, 11) is 0. The van der Waals surface area contributed by atoms with Gasteiger partial charge < -0.3 is 17.2 Å². The molecule has 1 heterocycles. The topological polar surface area (TPSA) is 107 Å². The van der Waals surface area contributed by atoms with Crippen molar-refractivity contribution in [1.82, 2.24) is 0 Å². The Morgan fingerprint density at radius 2 is 2.16 bits per heavy atom. The number of carbonyl (C=O) groups excluding carboxylic acids is 1. The molecule has 0 saturated heterocycles. The van der Waals surface area contributed by atoms with Crippen molar-refractivity contribution in [3.8, 4) is 0 Å². The van der Waals surface area contributed by atoms with Gasteiger partial charge in [-0.2, -0.15) is 0 Å². The molecule has 0 spiro atoms. The Morgan fingerprint density at radius 1 is 1.47 bits per heavy atom. The van der Waals surface area contributed by atoms with Crippen LogP contribution in [-0.2, 0) is 10.3 Å². The highest BCUT2D eigenvalue weighted by Crippen LogP contribution is 2.33. The third-order valence-corrected chi connectivity index (χ3v) is 3.72. The molecule has 1 amide bonds. The van der Waals surface area contributed by atoms with Crippen LogP contribution in [0.5, 0.6) is 0 Å². The van der Waals surface area contributed by atoms with E-state index in [0.717, 1.165) is 0 Å². The number of nitrogens with zero attached hydrogens (tertiary/aromatic N) is 1. The minimum Gasteiger partial charge on any atom is -0.385 e. The molecule has 5 nitrogen and oxygen atoms in total. The lowest BCUT2D eigenvalue weighted by molar-refractivity contribution is -0.121. The maximum absolute atomic E-state index is 13.3. The van der Waals surface area contributed by atoms with Gasteiger partial charge >= 0.3 is 0 Å². The van der Waals surface area contributed by atoms with Crippen molar-refractivity contribution in [3.05, 3.63) is 46.3 Å². The van der Waals surface area contributed by atoms with Crippen molar-refractivity contribution in [2.75, 3.05) is 0 Å². The van der Waals surface area contributed by atoms with Crippen LogP contribution in [0.2, 0.25) is 0 Å². The first-order valence-corrected chi connectivity index (χ1v) is 6.20. The molecule has 6 N–H and O–H groups in total. The van der Waals surface area contributed by atoms with E-state index in [9.17, 15) is 9.18 Å².